The number of benzene rings is 1. The fourth-order valence-corrected chi connectivity index (χ4v) is 7.91. The predicted octanol–water partition coefficient (Wildman–Crippen LogP) is 5.00. The molecule has 8 nitrogen and oxygen atoms in total. The number of nitrogens with zero attached hydrogens (tertiary/aromatic N) is 3. The molecule has 13 heteroatoms. The number of hydrogen-bond donors (Lipinski definition) is 2. The molecule has 3 aliphatic rings. The number of amides is 1. The average molecular weight is 594 g/mol. The predicted molar refractivity (Wildman–Crippen MR) is 148 cm³/mol. The summed E-state index contributed by atoms with van der Waals surface area (Å²) < 4.78 is 47.5. The molecule has 3 aliphatic heterocycles. The van der Waals surface area contributed by atoms with Crippen LogP contribution in [0.15, 0.2) is 35.1 Å². The van der Waals surface area contributed by atoms with Crippen molar-refractivity contribution in [2.45, 2.75) is 48.9 Å². The van der Waals surface area contributed by atoms with E-state index in [1.54, 1.807) is 11.8 Å². The van der Waals surface area contributed by atoms with Crippen molar-refractivity contribution in [1.29, 1.82) is 0 Å². The smallest absolute Gasteiger partial charge is 0.377 e. The Morgan fingerprint density at radius 3 is 2.75 bits per heavy atom. The van der Waals surface area contributed by atoms with Crippen molar-refractivity contribution in [3.05, 3.63) is 68.2 Å². The highest BCUT2D eigenvalue weighted by atomic mass is 35.5. The van der Waals surface area contributed by atoms with Crippen LogP contribution >= 0.6 is 23.4 Å². The Bertz CT molecular complexity index is 1590. The molecule has 3 aromatic rings. The Hall–Kier alpha value is -2.80. The zero-order chi connectivity index (χ0) is 28.2. The van der Waals surface area contributed by atoms with Crippen LogP contribution in [0.4, 0.5) is 18.9 Å². The molecule has 1 aromatic carbocycles. The normalized spacial score (nSPS) is 20.5. The number of nitrogens with one attached hydrogen (secondary N) is 2. The number of alkyl halides is 3. The van der Waals surface area contributed by atoms with Gasteiger partial charge in [-0.1, -0.05) is 17.7 Å². The molecule has 2 aromatic heterocycles. The molecule has 1 fully saturated rings. The van der Waals surface area contributed by atoms with Gasteiger partial charge in [0.1, 0.15) is 12.2 Å². The van der Waals surface area contributed by atoms with E-state index in [0.29, 0.717) is 36.5 Å². The monoisotopic (exact) mass is 593 g/mol. The number of anilines is 1. The van der Waals surface area contributed by atoms with Crippen LogP contribution < -0.4 is 16.2 Å². The molecule has 0 aliphatic carbocycles. The van der Waals surface area contributed by atoms with Crippen LogP contribution in [0.25, 0.3) is 11.2 Å². The van der Waals surface area contributed by atoms with Crippen LogP contribution in [0.2, 0.25) is 5.02 Å². The van der Waals surface area contributed by atoms with Gasteiger partial charge in [0.15, 0.2) is 0 Å². The van der Waals surface area contributed by atoms with Gasteiger partial charge >= 0.3 is 6.18 Å². The Morgan fingerprint density at radius 1 is 1.30 bits per heavy atom. The fraction of sp³-hybridized carbons (Fsp3) is 0.444. The summed E-state index contributed by atoms with van der Waals surface area (Å²) in [5, 5.41) is 10.4. The summed E-state index contributed by atoms with van der Waals surface area (Å²) >= 11 is 7.84. The molecule has 6 rings (SSSR count). The Labute approximate surface area is 236 Å². The SMILES string of the molecule is CC1SC2(CCNCC2)c2c1n(CC(=O)Nc1ccc(C(F)(F)F)cc1Cl)c1cc(C3=CCOCC3)nn1c2=O. The van der Waals surface area contributed by atoms with Gasteiger partial charge in [-0.2, -0.15) is 22.8 Å². The zero-order valence-corrected chi connectivity index (χ0v) is 23.2. The van der Waals surface area contributed by atoms with E-state index < -0.39 is 17.6 Å². The van der Waals surface area contributed by atoms with Gasteiger partial charge in [0.2, 0.25) is 5.91 Å². The summed E-state index contributed by atoms with van der Waals surface area (Å²) in [4.78, 5) is 27.4. The zero-order valence-electron chi connectivity index (χ0n) is 21.6. The number of aromatic nitrogens is 3. The highest BCUT2D eigenvalue weighted by Crippen LogP contribution is 2.57. The summed E-state index contributed by atoms with van der Waals surface area (Å²) in [6, 6.07) is 4.63. The van der Waals surface area contributed by atoms with Gasteiger partial charge in [-0.3, -0.25) is 9.59 Å². The molecule has 1 spiro atoms. The number of ether oxygens (including phenoxy) is 1. The summed E-state index contributed by atoms with van der Waals surface area (Å²) in [6.45, 7) is 4.44. The quantitative estimate of drug-likeness (QED) is 0.443. The number of thioether (sulfide) groups is 1. The number of halogens is 4. The highest BCUT2D eigenvalue weighted by Gasteiger charge is 2.48. The van der Waals surface area contributed by atoms with E-state index in [4.69, 9.17) is 21.4 Å². The molecule has 0 saturated carbocycles. The van der Waals surface area contributed by atoms with Crippen LogP contribution in [-0.2, 0) is 27.0 Å². The number of carbonyl (C=O) groups is 1. The highest BCUT2D eigenvalue weighted by molar-refractivity contribution is 8.00. The Morgan fingerprint density at radius 2 is 2.08 bits per heavy atom. The maximum atomic E-state index is 14.0. The van der Waals surface area contributed by atoms with Gasteiger partial charge in [-0.25, -0.2) is 0 Å². The second kappa shape index (κ2) is 10.2. The van der Waals surface area contributed by atoms with Crippen molar-refractivity contribution in [2.75, 3.05) is 31.6 Å². The van der Waals surface area contributed by atoms with Crippen molar-refractivity contribution in [1.82, 2.24) is 19.5 Å². The van der Waals surface area contributed by atoms with Crippen molar-refractivity contribution < 1.29 is 22.7 Å². The summed E-state index contributed by atoms with van der Waals surface area (Å²) in [6.07, 6.45) is -0.391. The lowest BCUT2D eigenvalue weighted by Crippen LogP contribution is -2.41. The van der Waals surface area contributed by atoms with Gasteiger partial charge < -0.3 is 19.9 Å². The molecule has 1 saturated heterocycles. The molecule has 0 bridgehead atoms. The standard InChI is InChI=1S/C27H27ClF3N5O3S/c1-15-24-23(26(40-15)6-8-32-9-7-26)25(38)36-22(13-20(34-36)16-4-10-39-11-5-16)35(24)14-21(37)33-19-3-2-17(12-18(19)28)27(29,30)31/h2-4,12-13,15,32H,5-11,14H2,1H3,(H,33,37). The molecule has 5 heterocycles. The lowest BCUT2D eigenvalue weighted by atomic mass is 9.88. The first-order chi connectivity index (χ1) is 19.1. The minimum atomic E-state index is -4.55. The fourth-order valence-electron chi connectivity index (χ4n) is 5.90. The lowest BCUT2D eigenvalue weighted by molar-refractivity contribution is -0.137. The van der Waals surface area contributed by atoms with Gasteiger partial charge in [-0.05, 0) is 63.0 Å². The van der Waals surface area contributed by atoms with Crippen LogP contribution in [-0.4, -0.2) is 46.4 Å². The molecule has 0 radical (unpaired) electrons. The second-order valence-corrected chi connectivity index (χ2v) is 12.4. The third-order valence-electron chi connectivity index (χ3n) is 7.74. The van der Waals surface area contributed by atoms with Crippen molar-refractivity contribution in [3.8, 4) is 0 Å². The van der Waals surface area contributed by atoms with Crippen LogP contribution in [0.1, 0.15) is 54.0 Å². The van der Waals surface area contributed by atoms with E-state index in [-0.39, 0.29) is 32.8 Å². The average Bonchev–Trinajstić information content (AvgIpc) is 3.48. The second-order valence-electron chi connectivity index (χ2n) is 10.3. The summed E-state index contributed by atoms with van der Waals surface area (Å²) in [5.41, 5.74) is 2.57. The first-order valence-electron chi connectivity index (χ1n) is 13.1. The van der Waals surface area contributed by atoms with Crippen molar-refractivity contribution in [2.24, 2.45) is 0 Å². The van der Waals surface area contributed by atoms with E-state index >= 15 is 0 Å². The third kappa shape index (κ3) is 4.74. The van der Waals surface area contributed by atoms with E-state index in [1.165, 1.54) is 4.52 Å². The van der Waals surface area contributed by atoms with Gasteiger partial charge in [-0.15, -0.1) is 11.8 Å². The van der Waals surface area contributed by atoms with Gasteiger partial charge in [0.05, 0.1) is 45.5 Å². The molecule has 1 atom stereocenters. The minimum Gasteiger partial charge on any atom is -0.377 e. The molecule has 212 valence electrons. The molecule has 1 unspecified atom stereocenters. The van der Waals surface area contributed by atoms with E-state index in [9.17, 15) is 22.8 Å². The molecule has 2 N–H and O–H groups in total. The van der Waals surface area contributed by atoms with Crippen LogP contribution in [0.3, 0.4) is 0 Å². The number of rotatable bonds is 4. The van der Waals surface area contributed by atoms with Crippen molar-refractivity contribution >= 4 is 46.2 Å². The summed E-state index contributed by atoms with van der Waals surface area (Å²) in [7, 11) is 0. The Kier molecular flexibility index (Phi) is 7.00. The van der Waals surface area contributed by atoms with E-state index in [2.05, 4.69) is 10.6 Å². The number of hydrogen-bond acceptors (Lipinski definition) is 6. The van der Waals surface area contributed by atoms with Crippen molar-refractivity contribution in [3.63, 3.8) is 0 Å². The number of fused-ring (bicyclic) bond motifs is 3. The first kappa shape index (κ1) is 27.4. The number of carbonyl (C=O) groups excluding carboxylic acids is 1. The number of piperidine rings is 1. The first-order valence-corrected chi connectivity index (χ1v) is 14.3. The molecule has 40 heavy (non-hydrogen) atoms. The molecular formula is C27H27ClF3N5O3S. The van der Waals surface area contributed by atoms with E-state index in [0.717, 1.165) is 55.4 Å². The topological polar surface area (TPSA) is 89.7 Å². The molecule has 1 amide bonds. The lowest BCUT2D eigenvalue weighted by Gasteiger charge is -2.33. The van der Waals surface area contributed by atoms with Gasteiger partial charge in [0, 0.05) is 17.0 Å². The van der Waals surface area contributed by atoms with Crippen LogP contribution in [0.5, 0.6) is 0 Å². The van der Waals surface area contributed by atoms with Gasteiger partial charge in [0.25, 0.3) is 5.56 Å². The third-order valence-corrected chi connectivity index (χ3v) is 9.69. The largest absolute Gasteiger partial charge is 0.416 e. The minimum absolute atomic E-state index is 0.0612. The molecular weight excluding hydrogens is 567 g/mol. The van der Waals surface area contributed by atoms with E-state index in [1.807, 2.05) is 23.6 Å². The van der Waals surface area contributed by atoms with Crippen LogP contribution in [0, 0.1) is 0 Å². The maximum absolute atomic E-state index is 14.0. The Balaban J connectivity index is 1.44. The maximum Gasteiger partial charge on any atom is 0.416 e. The summed E-state index contributed by atoms with van der Waals surface area (Å²) in [5.74, 6) is -0.481.